The molecule has 5 rings (SSSR count). The van der Waals surface area contributed by atoms with Gasteiger partial charge in [-0.3, -0.25) is 14.5 Å². The maximum absolute atomic E-state index is 14.6. The van der Waals surface area contributed by atoms with E-state index in [4.69, 9.17) is 0 Å². The van der Waals surface area contributed by atoms with E-state index >= 15 is 0 Å². The van der Waals surface area contributed by atoms with Gasteiger partial charge >= 0.3 is 0 Å². The molecule has 0 unspecified atom stereocenters. The van der Waals surface area contributed by atoms with Crippen molar-refractivity contribution in [2.24, 2.45) is 11.8 Å². The number of hydrogen-bond acceptors (Lipinski definition) is 3. The molecule has 1 heterocycles. The molecule has 1 aliphatic heterocycles. The van der Waals surface area contributed by atoms with Gasteiger partial charge in [0.1, 0.15) is 5.82 Å². The van der Waals surface area contributed by atoms with Gasteiger partial charge in [0, 0.05) is 49.7 Å². The Balaban J connectivity index is 1.21. The van der Waals surface area contributed by atoms with Crippen molar-refractivity contribution in [2.75, 3.05) is 25.0 Å². The summed E-state index contributed by atoms with van der Waals surface area (Å²) in [4.78, 5) is 30.2. The minimum absolute atomic E-state index is 0.0360. The number of nitrogens with zero attached hydrogens (tertiary/aromatic N) is 2. The molecule has 0 radical (unpaired) electrons. The van der Waals surface area contributed by atoms with Crippen molar-refractivity contribution in [2.45, 2.75) is 64.5 Å². The highest BCUT2D eigenvalue weighted by Crippen LogP contribution is 2.48. The third kappa shape index (κ3) is 5.27. The summed E-state index contributed by atoms with van der Waals surface area (Å²) >= 11 is 0. The average molecular weight is 478 g/mol. The van der Waals surface area contributed by atoms with Gasteiger partial charge in [0.2, 0.25) is 11.8 Å². The van der Waals surface area contributed by atoms with Crippen molar-refractivity contribution in [1.82, 2.24) is 9.80 Å². The average Bonchev–Trinajstić information content (AvgIpc) is 3.47. The highest BCUT2D eigenvalue weighted by molar-refractivity contribution is 5.96. The summed E-state index contributed by atoms with van der Waals surface area (Å²) in [5.74, 6) is 0.332. The van der Waals surface area contributed by atoms with E-state index in [0.717, 1.165) is 62.9 Å². The second-order valence-corrected chi connectivity index (χ2v) is 10.7. The molecule has 6 heteroatoms. The molecule has 2 aliphatic carbocycles. The summed E-state index contributed by atoms with van der Waals surface area (Å²) in [5.41, 5.74) is 3.54. The predicted molar refractivity (Wildman–Crippen MR) is 135 cm³/mol. The Morgan fingerprint density at radius 1 is 1.09 bits per heavy atom. The molecule has 2 aromatic carbocycles. The van der Waals surface area contributed by atoms with E-state index < -0.39 is 0 Å². The van der Waals surface area contributed by atoms with Crippen LogP contribution in [0.15, 0.2) is 42.5 Å². The molecule has 35 heavy (non-hydrogen) atoms. The first-order valence-corrected chi connectivity index (χ1v) is 13.1. The van der Waals surface area contributed by atoms with E-state index in [-0.39, 0.29) is 35.5 Å². The van der Waals surface area contributed by atoms with E-state index in [1.165, 1.54) is 11.6 Å². The molecular weight excluding hydrogens is 441 g/mol. The maximum Gasteiger partial charge on any atom is 0.228 e. The molecule has 0 spiro atoms. The van der Waals surface area contributed by atoms with Crippen LogP contribution in [0.25, 0.3) is 0 Å². The molecule has 2 saturated carbocycles. The zero-order valence-electron chi connectivity index (χ0n) is 20.8. The van der Waals surface area contributed by atoms with Gasteiger partial charge in [-0.05, 0) is 67.9 Å². The van der Waals surface area contributed by atoms with E-state index in [2.05, 4.69) is 34.2 Å². The molecule has 3 fully saturated rings. The van der Waals surface area contributed by atoms with Crippen LogP contribution in [0.2, 0.25) is 0 Å². The number of benzene rings is 2. The van der Waals surface area contributed by atoms with Crippen LogP contribution < -0.4 is 5.32 Å². The van der Waals surface area contributed by atoms with Gasteiger partial charge in [0.05, 0.1) is 0 Å². The zero-order valence-corrected chi connectivity index (χ0v) is 20.8. The lowest BCUT2D eigenvalue weighted by Crippen LogP contribution is -2.54. The number of halogens is 1. The van der Waals surface area contributed by atoms with Crippen molar-refractivity contribution in [3.63, 3.8) is 0 Å². The fourth-order valence-corrected chi connectivity index (χ4v) is 5.96. The van der Waals surface area contributed by atoms with Crippen molar-refractivity contribution in [3.8, 4) is 0 Å². The zero-order chi connectivity index (χ0) is 24.5. The lowest BCUT2D eigenvalue weighted by molar-refractivity contribution is -0.140. The Bertz CT molecular complexity index is 1080. The van der Waals surface area contributed by atoms with Gasteiger partial charge in [-0.25, -0.2) is 4.39 Å². The molecule has 5 nitrogen and oxygen atoms in total. The third-order valence-electron chi connectivity index (χ3n) is 8.19. The Kier molecular flexibility index (Phi) is 6.92. The molecule has 0 bridgehead atoms. The van der Waals surface area contributed by atoms with Gasteiger partial charge in [0.15, 0.2) is 0 Å². The second-order valence-electron chi connectivity index (χ2n) is 10.7. The SMILES string of the molecule is Cc1c(CN2CCN(C(=O)C3CCCC3)[C@@H](C)C2)cc(F)cc1NC(=O)[C@H]1C[C@@H]1c1ccccc1. The van der Waals surface area contributed by atoms with Crippen LogP contribution in [-0.4, -0.2) is 47.3 Å². The third-order valence-corrected chi connectivity index (χ3v) is 8.19. The van der Waals surface area contributed by atoms with Crippen LogP contribution in [0.3, 0.4) is 0 Å². The molecule has 0 aromatic heterocycles. The number of amides is 2. The molecule has 1 N–H and O–H groups in total. The standard InChI is InChI=1S/C29H36FN3O2/c1-19-17-32(12-13-33(19)29(35)22-10-6-7-11-22)18-23-14-24(30)15-27(20(23)2)31-28(34)26-16-25(26)21-8-4-3-5-9-21/h3-5,8-9,14-15,19,22,25-26H,6-7,10-13,16-18H2,1-2H3,(H,31,34)/t19-,25+,26-/m0/s1. The molecular formula is C29H36FN3O2. The van der Waals surface area contributed by atoms with E-state index in [1.807, 2.05) is 25.1 Å². The van der Waals surface area contributed by atoms with E-state index in [1.54, 1.807) is 6.07 Å². The summed E-state index contributed by atoms with van der Waals surface area (Å²) in [6.45, 7) is 6.95. The van der Waals surface area contributed by atoms with Crippen LogP contribution in [-0.2, 0) is 16.1 Å². The first-order chi connectivity index (χ1) is 16.9. The second kappa shape index (κ2) is 10.1. The molecule has 2 aromatic rings. The van der Waals surface area contributed by atoms with Gasteiger partial charge in [-0.2, -0.15) is 0 Å². The summed E-state index contributed by atoms with van der Waals surface area (Å²) < 4.78 is 14.6. The summed E-state index contributed by atoms with van der Waals surface area (Å²) in [6.07, 6.45) is 5.20. The molecule has 1 saturated heterocycles. The highest BCUT2D eigenvalue weighted by Gasteiger charge is 2.44. The van der Waals surface area contributed by atoms with Crippen molar-refractivity contribution >= 4 is 17.5 Å². The van der Waals surface area contributed by atoms with Gasteiger partial charge in [-0.15, -0.1) is 0 Å². The topological polar surface area (TPSA) is 52.6 Å². The van der Waals surface area contributed by atoms with Crippen LogP contribution in [0.5, 0.6) is 0 Å². The van der Waals surface area contributed by atoms with Crippen LogP contribution >= 0.6 is 0 Å². The number of piperazine rings is 1. The maximum atomic E-state index is 14.6. The fraction of sp³-hybridized carbons (Fsp3) is 0.517. The minimum Gasteiger partial charge on any atom is -0.337 e. The highest BCUT2D eigenvalue weighted by atomic mass is 19.1. The lowest BCUT2D eigenvalue weighted by atomic mass is 10.0. The monoisotopic (exact) mass is 477 g/mol. The smallest absolute Gasteiger partial charge is 0.228 e. The Hall–Kier alpha value is -2.73. The van der Waals surface area contributed by atoms with Gasteiger partial charge in [0.25, 0.3) is 0 Å². The summed E-state index contributed by atoms with van der Waals surface area (Å²) in [6, 6.07) is 13.2. The quantitative estimate of drug-likeness (QED) is 0.630. The molecule has 186 valence electrons. The van der Waals surface area contributed by atoms with Crippen molar-refractivity contribution in [3.05, 3.63) is 65.0 Å². The normalized spacial score (nSPS) is 25.0. The van der Waals surface area contributed by atoms with Gasteiger partial charge in [-0.1, -0.05) is 43.2 Å². The van der Waals surface area contributed by atoms with Crippen molar-refractivity contribution in [1.29, 1.82) is 0 Å². The van der Waals surface area contributed by atoms with Crippen LogP contribution in [0.4, 0.5) is 10.1 Å². The number of hydrogen-bond donors (Lipinski definition) is 1. The summed E-state index contributed by atoms with van der Waals surface area (Å²) in [5, 5.41) is 3.00. The largest absolute Gasteiger partial charge is 0.337 e. The molecule has 3 aliphatic rings. The Morgan fingerprint density at radius 2 is 1.83 bits per heavy atom. The predicted octanol–water partition coefficient (Wildman–Crippen LogP) is 5.10. The Labute approximate surface area is 207 Å². The van der Waals surface area contributed by atoms with Crippen LogP contribution in [0.1, 0.15) is 61.6 Å². The first-order valence-electron chi connectivity index (χ1n) is 13.1. The van der Waals surface area contributed by atoms with Crippen LogP contribution in [0, 0.1) is 24.6 Å². The number of anilines is 1. The number of nitrogens with one attached hydrogen (secondary N) is 1. The molecule has 3 atom stereocenters. The number of carbonyl (C=O) groups excluding carboxylic acids is 2. The van der Waals surface area contributed by atoms with Gasteiger partial charge < -0.3 is 10.2 Å². The number of carbonyl (C=O) groups is 2. The molecule has 2 amide bonds. The van der Waals surface area contributed by atoms with E-state index in [9.17, 15) is 14.0 Å². The van der Waals surface area contributed by atoms with E-state index in [0.29, 0.717) is 18.1 Å². The first kappa shape index (κ1) is 24.0. The Morgan fingerprint density at radius 3 is 2.54 bits per heavy atom. The lowest BCUT2D eigenvalue weighted by Gasteiger charge is -2.41. The number of rotatable bonds is 6. The fourth-order valence-electron chi connectivity index (χ4n) is 5.96. The summed E-state index contributed by atoms with van der Waals surface area (Å²) in [7, 11) is 0. The minimum atomic E-state index is -0.334. The van der Waals surface area contributed by atoms with Crippen molar-refractivity contribution < 1.29 is 14.0 Å².